The van der Waals surface area contributed by atoms with Gasteiger partial charge >= 0.3 is 0 Å². The minimum Gasteiger partial charge on any atom is -0.454 e. The first-order valence-electron chi connectivity index (χ1n) is 9.77. The third-order valence-electron chi connectivity index (χ3n) is 4.35. The van der Waals surface area contributed by atoms with Crippen LogP contribution < -0.4 is 20.5 Å². The van der Waals surface area contributed by atoms with Crippen molar-refractivity contribution in [2.45, 2.75) is 24.7 Å². The number of benzene rings is 2. The van der Waals surface area contributed by atoms with Crippen LogP contribution in [-0.4, -0.2) is 25.9 Å². The molecule has 0 spiro atoms. The van der Waals surface area contributed by atoms with E-state index in [0.29, 0.717) is 23.7 Å². The summed E-state index contributed by atoms with van der Waals surface area (Å²) in [4.78, 5) is 16.5. The number of pyridine rings is 1. The van der Waals surface area contributed by atoms with Crippen LogP contribution in [-0.2, 0) is 10.0 Å². The number of sulfonamides is 1. The quantitative estimate of drug-likeness (QED) is 0.432. The molecule has 0 bridgehead atoms. The van der Waals surface area contributed by atoms with Crippen LogP contribution in [0.4, 0.5) is 11.4 Å². The number of amides is 1. The van der Waals surface area contributed by atoms with Crippen molar-refractivity contribution in [3.05, 3.63) is 72.6 Å². The van der Waals surface area contributed by atoms with Gasteiger partial charge in [-0.05, 0) is 42.8 Å². The van der Waals surface area contributed by atoms with Crippen molar-refractivity contribution in [1.29, 1.82) is 0 Å². The van der Waals surface area contributed by atoms with Gasteiger partial charge < -0.3 is 15.4 Å². The SMILES string of the molecule is CCCCNc1cc(C(=O)Nc2cccnc2)cc(S(N)(=O)=O)c1Oc1ccccc1. The second kappa shape index (κ2) is 10.1. The predicted molar refractivity (Wildman–Crippen MR) is 120 cm³/mol. The molecule has 0 saturated carbocycles. The Morgan fingerprint density at radius 2 is 1.90 bits per heavy atom. The molecule has 3 aromatic rings. The Balaban J connectivity index is 2.06. The smallest absolute Gasteiger partial charge is 0.255 e. The molecule has 8 nitrogen and oxygen atoms in total. The zero-order valence-electron chi connectivity index (χ0n) is 17.0. The van der Waals surface area contributed by atoms with Gasteiger partial charge in [-0.2, -0.15) is 0 Å². The van der Waals surface area contributed by atoms with Gasteiger partial charge in [-0.15, -0.1) is 0 Å². The standard InChI is InChI=1S/C22H24N4O4S/c1-2-3-12-25-19-13-16(22(27)26-17-8-7-11-24-15-17)14-20(31(23,28)29)21(19)30-18-9-5-4-6-10-18/h4-11,13-15,25H,2-3,12H2,1H3,(H,26,27)(H2,23,28,29). The first kappa shape index (κ1) is 22.3. The molecule has 0 fully saturated rings. The summed E-state index contributed by atoms with van der Waals surface area (Å²) in [6, 6.07) is 14.9. The molecule has 9 heteroatoms. The number of aromatic nitrogens is 1. The van der Waals surface area contributed by atoms with Crippen molar-refractivity contribution in [2.24, 2.45) is 5.14 Å². The fourth-order valence-corrected chi connectivity index (χ4v) is 3.53. The van der Waals surface area contributed by atoms with Gasteiger partial charge in [-0.3, -0.25) is 9.78 Å². The number of anilines is 2. The fraction of sp³-hybridized carbons (Fsp3) is 0.182. The van der Waals surface area contributed by atoms with Crippen LogP contribution >= 0.6 is 0 Å². The molecular weight excluding hydrogens is 416 g/mol. The lowest BCUT2D eigenvalue weighted by atomic mass is 10.1. The monoisotopic (exact) mass is 440 g/mol. The van der Waals surface area contributed by atoms with E-state index in [9.17, 15) is 13.2 Å². The Kier molecular flexibility index (Phi) is 7.22. The molecule has 0 aliphatic carbocycles. The second-order valence-corrected chi connectivity index (χ2v) is 8.32. The molecule has 2 aromatic carbocycles. The number of primary sulfonamides is 1. The lowest BCUT2D eigenvalue weighted by Crippen LogP contribution is -2.18. The van der Waals surface area contributed by atoms with E-state index in [4.69, 9.17) is 9.88 Å². The largest absolute Gasteiger partial charge is 0.454 e. The van der Waals surface area contributed by atoms with E-state index in [1.54, 1.807) is 48.7 Å². The third kappa shape index (κ3) is 6.03. The van der Waals surface area contributed by atoms with Gasteiger partial charge in [0.1, 0.15) is 10.6 Å². The predicted octanol–water partition coefficient (Wildman–Crippen LogP) is 3.99. The number of hydrogen-bond donors (Lipinski definition) is 3. The average molecular weight is 441 g/mol. The highest BCUT2D eigenvalue weighted by atomic mass is 32.2. The molecule has 0 radical (unpaired) electrons. The highest BCUT2D eigenvalue weighted by molar-refractivity contribution is 7.89. The Labute approximate surface area is 181 Å². The van der Waals surface area contributed by atoms with E-state index in [-0.39, 0.29) is 16.2 Å². The van der Waals surface area contributed by atoms with Gasteiger partial charge in [-0.25, -0.2) is 13.6 Å². The van der Waals surface area contributed by atoms with Crippen molar-refractivity contribution >= 4 is 27.3 Å². The maximum Gasteiger partial charge on any atom is 0.255 e. The van der Waals surface area contributed by atoms with Gasteiger partial charge in [0, 0.05) is 18.3 Å². The average Bonchev–Trinajstić information content (AvgIpc) is 2.75. The van der Waals surface area contributed by atoms with Gasteiger partial charge in [-0.1, -0.05) is 31.5 Å². The Bertz CT molecular complexity index is 1140. The van der Waals surface area contributed by atoms with E-state index < -0.39 is 15.9 Å². The van der Waals surface area contributed by atoms with Crippen molar-refractivity contribution in [2.75, 3.05) is 17.2 Å². The van der Waals surface area contributed by atoms with Crippen LogP contribution in [0, 0.1) is 0 Å². The van der Waals surface area contributed by atoms with E-state index in [2.05, 4.69) is 15.6 Å². The van der Waals surface area contributed by atoms with Crippen LogP contribution in [0.3, 0.4) is 0 Å². The summed E-state index contributed by atoms with van der Waals surface area (Å²) in [5, 5.41) is 11.3. The van der Waals surface area contributed by atoms with E-state index in [1.807, 2.05) is 13.0 Å². The fourth-order valence-electron chi connectivity index (χ4n) is 2.83. The second-order valence-electron chi connectivity index (χ2n) is 6.79. The van der Waals surface area contributed by atoms with Crippen LogP contribution in [0.5, 0.6) is 11.5 Å². The lowest BCUT2D eigenvalue weighted by molar-refractivity contribution is 0.102. The highest BCUT2D eigenvalue weighted by Gasteiger charge is 2.23. The number of para-hydroxylation sites is 1. The first-order valence-corrected chi connectivity index (χ1v) is 11.3. The Hall–Kier alpha value is -3.43. The molecule has 31 heavy (non-hydrogen) atoms. The van der Waals surface area contributed by atoms with Crippen molar-refractivity contribution in [3.63, 3.8) is 0 Å². The molecular formula is C22H24N4O4S. The van der Waals surface area contributed by atoms with Crippen molar-refractivity contribution in [1.82, 2.24) is 4.98 Å². The molecule has 3 rings (SSSR count). The number of nitrogens with zero attached hydrogens (tertiary/aromatic N) is 1. The van der Waals surface area contributed by atoms with Crippen molar-refractivity contribution < 1.29 is 17.9 Å². The summed E-state index contributed by atoms with van der Waals surface area (Å²) in [5.74, 6) is -0.0102. The minimum atomic E-state index is -4.19. The maximum atomic E-state index is 12.8. The highest BCUT2D eigenvalue weighted by Crippen LogP contribution is 2.37. The molecule has 1 aromatic heterocycles. The molecule has 162 valence electrons. The molecule has 0 saturated heterocycles. The minimum absolute atomic E-state index is 0.0442. The molecule has 1 heterocycles. The van der Waals surface area contributed by atoms with Gasteiger partial charge in [0.05, 0.1) is 17.6 Å². The van der Waals surface area contributed by atoms with Gasteiger partial charge in [0.15, 0.2) is 5.75 Å². The summed E-state index contributed by atoms with van der Waals surface area (Å²) in [5.41, 5.74) is 0.960. The number of nitrogens with one attached hydrogen (secondary N) is 2. The Morgan fingerprint density at radius 3 is 2.55 bits per heavy atom. The summed E-state index contributed by atoms with van der Waals surface area (Å²) < 4.78 is 30.7. The molecule has 4 N–H and O–H groups in total. The first-order chi connectivity index (χ1) is 14.9. The number of nitrogens with two attached hydrogens (primary N) is 1. The molecule has 0 unspecified atom stereocenters. The number of hydrogen-bond acceptors (Lipinski definition) is 6. The number of carbonyl (C=O) groups is 1. The third-order valence-corrected chi connectivity index (χ3v) is 5.27. The maximum absolute atomic E-state index is 12.8. The summed E-state index contributed by atoms with van der Waals surface area (Å²) in [7, 11) is -4.19. The van der Waals surface area contributed by atoms with E-state index in [1.165, 1.54) is 12.3 Å². The molecule has 0 atom stereocenters. The zero-order chi connectivity index (χ0) is 22.3. The summed E-state index contributed by atoms with van der Waals surface area (Å²) in [6.07, 6.45) is 4.86. The Morgan fingerprint density at radius 1 is 1.13 bits per heavy atom. The molecule has 0 aliphatic heterocycles. The van der Waals surface area contributed by atoms with E-state index in [0.717, 1.165) is 12.8 Å². The number of ether oxygens (including phenoxy) is 1. The lowest BCUT2D eigenvalue weighted by Gasteiger charge is -2.18. The molecule has 1 amide bonds. The van der Waals surface area contributed by atoms with Gasteiger partial charge in [0.25, 0.3) is 5.91 Å². The van der Waals surface area contributed by atoms with Crippen LogP contribution in [0.25, 0.3) is 0 Å². The summed E-state index contributed by atoms with van der Waals surface area (Å²) >= 11 is 0. The zero-order valence-corrected chi connectivity index (χ0v) is 17.9. The van der Waals surface area contributed by atoms with Gasteiger partial charge in [0.2, 0.25) is 10.0 Å². The van der Waals surface area contributed by atoms with Crippen LogP contribution in [0.1, 0.15) is 30.1 Å². The number of rotatable bonds is 9. The van der Waals surface area contributed by atoms with E-state index >= 15 is 0 Å². The topological polar surface area (TPSA) is 123 Å². The normalized spacial score (nSPS) is 11.0. The van der Waals surface area contributed by atoms with Crippen LogP contribution in [0.2, 0.25) is 0 Å². The van der Waals surface area contributed by atoms with Crippen molar-refractivity contribution in [3.8, 4) is 11.5 Å². The molecule has 0 aliphatic rings. The number of unbranched alkanes of at least 4 members (excludes halogenated alkanes) is 1. The number of carbonyl (C=O) groups excluding carboxylic acids is 1. The van der Waals surface area contributed by atoms with Crippen LogP contribution in [0.15, 0.2) is 71.9 Å². The summed E-state index contributed by atoms with van der Waals surface area (Å²) in [6.45, 7) is 2.61.